The Hall–Kier alpha value is -2.91. The molecular formula is C18H21F3N4O3. The molecule has 0 atom stereocenters. The summed E-state index contributed by atoms with van der Waals surface area (Å²) in [5.41, 5.74) is 0.316. The Kier molecular flexibility index (Phi) is 5.14. The van der Waals surface area contributed by atoms with Crippen LogP contribution in [0.5, 0.6) is 11.5 Å². The standard InChI is InChI=1S/C18H21F3N4O3/c1-17(2)10-24(8-12-4-5-14(27-3)6-15(12)28-17)16(26)23-13-7-22-25(9-13)11-18(19,20)21/h4-7,9H,8,10-11H2,1-3H3,(H,23,26). The molecule has 2 amide bonds. The molecule has 0 radical (unpaired) electrons. The van der Waals surface area contributed by atoms with Gasteiger partial charge in [-0.15, -0.1) is 0 Å². The normalized spacial score (nSPS) is 16.0. The second-order valence-electron chi connectivity index (χ2n) is 7.16. The molecule has 0 aliphatic carbocycles. The number of aromatic nitrogens is 2. The number of amides is 2. The molecule has 10 heteroatoms. The predicted octanol–water partition coefficient (Wildman–Crippen LogP) is 3.66. The van der Waals surface area contributed by atoms with Gasteiger partial charge in [-0.05, 0) is 26.0 Å². The van der Waals surface area contributed by atoms with Crippen molar-refractivity contribution in [2.75, 3.05) is 19.0 Å². The second-order valence-corrected chi connectivity index (χ2v) is 7.16. The van der Waals surface area contributed by atoms with Crippen LogP contribution in [0.25, 0.3) is 0 Å². The van der Waals surface area contributed by atoms with Crippen molar-refractivity contribution in [2.24, 2.45) is 0 Å². The highest BCUT2D eigenvalue weighted by Crippen LogP contribution is 2.32. The highest BCUT2D eigenvalue weighted by Gasteiger charge is 2.32. The second kappa shape index (κ2) is 7.25. The van der Waals surface area contributed by atoms with Gasteiger partial charge in [0, 0.05) is 17.8 Å². The van der Waals surface area contributed by atoms with Gasteiger partial charge in [0.2, 0.25) is 0 Å². The first-order chi connectivity index (χ1) is 13.0. The van der Waals surface area contributed by atoms with Crippen molar-refractivity contribution >= 4 is 11.7 Å². The summed E-state index contributed by atoms with van der Waals surface area (Å²) >= 11 is 0. The number of nitrogens with one attached hydrogen (secondary N) is 1. The Labute approximate surface area is 160 Å². The molecule has 152 valence electrons. The van der Waals surface area contributed by atoms with Crippen LogP contribution in [0.4, 0.5) is 23.7 Å². The van der Waals surface area contributed by atoms with E-state index >= 15 is 0 Å². The summed E-state index contributed by atoms with van der Waals surface area (Å²) in [4.78, 5) is 14.3. The van der Waals surface area contributed by atoms with E-state index in [-0.39, 0.29) is 18.8 Å². The molecule has 0 unspecified atom stereocenters. The lowest BCUT2D eigenvalue weighted by Gasteiger charge is -2.29. The van der Waals surface area contributed by atoms with Gasteiger partial charge in [-0.3, -0.25) is 4.68 Å². The molecule has 7 nitrogen and oxygen atoms in total. The largest absolute Gasteiger partial charge is 0.497 e. The number of hydrogen-bond donors (Lipinski definition) is 1. The molecule has 3 rings (SSSR count). The fourth-order valence-corrected chi connectivity index (χ4v) is 2.98. The van der Waals surface area contributed by atoms with Gasteiger partial charge in [-0.25, -0.2) is 4.79 Å². The molecule has 0 saturated carbocycles. The van der Waals surface area contributed by atoms with Crippen molar-refractivity contribution in [3.8, 4) is 11.5 Å². The molecule has 2 heterocycles. The van der Waals surface area contributed by atoms with Crippen molar-refractivity contribution in [3.05, 3.63) is 36.2 Å². The Morgan fingerprint density at radius 2 is 2.14 bits per heavy atom. The van der Waals surface area contributed by atoms with E-state index < -0.39 is 24.4 Å². The van der Waals surface area contributed by atoms with Crippen LogP contribution in [0.2, 0.25) is 0 Å². The molecule has 1 aromatic carbocycles. The van der Waals surface area contributed by atoms with Crippen molar-refractivity contribution in [1.29, 1.82) is 0 Å². The lowest BCUT2D eigenvalue weighted by molar-refractivity contribution is -0.142. The van der Waals surface area contributed by atoms with Crippen molar-refractivity contribution in [1.82, 2.24) is 14.7 Å². The number of hydrogen-bond acceptors (Lipinski definition) is 4. The molecule has 0 spiro atoms. The van der Waals surface area contributed by atoms with E-state index in [2.05, 4.69) is 10.4 Å². The lowest BCUT2D eigenvalue weighted by Crippen LogP contribution is -2.44. The minimum atomic E-state index is -4.38. The number of fused-ring (bicyclic) bond motifs is 1. The number of alkyl halides is 3. The number of nitrogens with zero attached hydrogens (tertiary/aromatic N) is 3. The number of methoxy groups -OCH3 is 1. The van der Waals surface area contributed by atoms with Crippen LogP contribution in [0.1, 0.15) is 19.4 Å². The molecule has 0 saturated heterocycles. The monoisotopic (exact) mass is 398 g/mol. The molecule has 1 N–H and O–H groups in total. The average molecular weight is 398 g/mol. The number of anilines is 1. The molecule has 0 fully saturated rings. The highest BCUT2D eigenvalue weighted by molar-refractivity contribution is 5.89. The lowest BCUT2D eigenvalue weighted by atomic mass is 10.1. The number of carbonyl (C=O) groups excluding carboxylic acids is 1. The van der Waals surface area contributed by atoms with Gasteiger partial charge >= 0.3 is 12.2 Å². The first-order valence-corrected chi connectivity index (χ1v) is 8.56. The third kappa shape index (κ3) is 4.87. The summed E-state index contributed by atoms with van der Waals surface area (Å²) < 4.78 is 49.3. The Bertz CT molecular complexity index is 864. The van der Waals surface area contributed by atoms with E-state index in [1.807, 2.05) is 19.9 Å². The van der Waals surface area contributed by atoms with E-state index in [4.69, 9.17) is 9.47 Å². The number of benzene rings is 1. The molecule has 2 aromatic rings. The molecule has 28 heavy (non-hydrogen) atoms. The van der Waals surface area contributed by atoms with E-state index in [1.165, 1.54) is 6.20 Å². The smallest absolute Gasteiger partial charge is 0.408 e. The molecule has 1 aromatic heterocycles. The van der Waals surface area contributed by atoms with Gasteiger partial charge in [0.05, 0.1) is 32.1 Å². The number of carbonyl (C=O) groups is 1. The summed E-state index contributed by atoms with van der Waals surface area (Å²) in [5.74, 6) is 1.27. The zero-order valence-corrected chi connectivity index (χ0v) is 15.7. The van der Waals surface area contributed by atoms with Crippen molar-refractivity contribution in [3.63, 3.8) is 0 Å². The third-order valence-corrected chi connectivity index (χ3v) is 4.11. The summed E-state index contributed by atoms with van der Waals surface area (Å²) in [6.07, 6.45) is -2.06. The van der Waals surface area contributed by atoms with Crippen LogP contribution < -0.4 is 14.8 Å². The zero-order chi connectivity index (χ0) is 20.5. The van der Waals surface area contributed by atoms with Gasteiger partial charge < -0.3 is 19.7 Å². The minimum absolute atomic E-state index is 0.187. The van der Waals surface area contributed by atoms with Gasteiger partial charge in [-0.1, -0.05) is 0 Å². The van der Waals surface area contributed by atoms with E-state index in [9.17, 15) is 18.0 Å². The van der Waals surface area contributed by atoms with Crippen LogP contribution >= 0.6 is 0 Å². The molecule has 1 aliphatic rings. The van der Waals surface area contributed by atoms with Gasteiger partial charge in [0.15, 0.2) is 0 Å². The van der Waals surface area contributed by atoms with Crippen LogP contribution in [0, 0.1) is 0 Å². The first kappa shape index (κ1) is 19.8. The fourth-order valence-electron chi connectivity index (χ4n) is 2.98. The highest BCUT2D eigenvalue weighted by atomic mass is 19.4. The topological polar surface area (TPSA) is 68.6 Å². The average Bonchev–Trinajstić information content (AvgIpc) is 2.93. The predicted molar refractivity (Wildman–Crippen MR) is 95.4 cm³/mol. The molecule has 0 bridgehead atoms. The Balaban J connectivity index is 1.75. The third-order valence-electron chi connectivity index (χ3n) is 4.11. The Morgan fingerprint density at radius 1 is 1.39 bits per heavy atom. The van der Waals surface area contributed by atoms with Gasteiger partial charge in [0.1, 0.15) is 23.6 Å². The summed E-state index contributed by atoms with van der Waals surface area (Å²) in [7, 11) is 1.56. The van der Waals surface area contributed by atoms with E-state index in [0.29, 0.717) is 11.5 Å². The molecular weight excluding hydrogens is 377 g/mol. The Morgan fingerprint density at radius 3 is 2.82 bits per heavy atom. The number of urea groups is 1. The van der Waals surface area contributed by atoms with Crippen LogP contribution in [-0.2, 0) is 13.1 Å². The maximum absolute atomic E-state index is 12.7. The SMILES string of the molecule is COc1ccc2c(c1)OC(C)(C)CN(C(=O)Nc1cnn(CC(F)(F)F)c1)C2. The minimum Gasteiger partial charge on any atom is -0.497 e. The van der Waals surface area contributed by atoms with Crippen LogP contribution in [0.15, 0.2) is 30.6 Å². The van der Waals surface area contributed by atoms with Crippen LogP contribution in [0.3, 0.4) is 0 Å². The first-order valence-electron chi connectivity index (χ1n) is 8.56. The summed E-state index contributed by atoms with van der Waals surface area (Å²) in [5, 5.41) is 6.22. The summed E-state index contributed by atoms with van der Waals surface area (Å²) in [6.45, 7) is 3.05. The van der Waals surface area contributed by atoms with E-state index in [0.717, 1.165) is 16.4 Å². The van der Waals surface area contributed by atoms with E-state index in [1.54, 1.807) is 24.1 Å². The maximum Gasteiger partial charge on any atom is 0.408 e. The quantitative estimate of drug-likeness (QED) is 0.857. The van der Waals surface area contributed by atoms with Crippen molar-refractivity contribution in [2.45, 2.75) is 38.7 Å². The van der Waals surface area contributed by atoms with Crippen molar-refractivity contribution < 1.29 is 27.4 Å². The van der Waals surface area contributed by atoms with Gasteiger partial charge in [0.25, 0.3) is 0 Å². The number of halogens is 3. The fraction of sp³-hybridized carbons (Fsp3) is 0.444. The zero-order valence-electron chi connectivity index (χ0n) is 15.7. The number of rotatable bonds is 3. The summed E-state index contributed by atoms with van der Waals surface area (Å²) in [6, 6.07) is 4.90. The number of ether oxygens (including phenoxy) is 2. The van der Waals surface area contributed by atoms with Crippen LogP contribution in [-0.4, -0.2) is 46.1 Å². The maximum atomic E-state index is 12.7. The van der Waals surface area contributed by atoms with Gasteiger partial charge in [-0.2, -0.15) is 18.3 Å². The molecule has 1 aliphatic heterocycles.